The predicted octanol–water partition coefficient (Wildman–Crippen LogP) is 4.01. The number of esters is 1. The second-order valence-corrected chi connectivity index (χ2v) is 6.14. The number of amides is 1. The molecule has 1 aromatic carbocycles. The number of ether oxygens (including phenoxy) is 2. The van der Waals surface area contributed by atoms with Crippen molar-refractivity contribution in [3.63, 3.8) is 0 Å². The molecule has 1 heterocycles. The minimum Gasteiger partial charge on any atom is -0.484 e. The van der Waals surface area contributed by atoms with Gasteiger partial charge in [0.05, 0.1) is 6.61 Å². The van der Waals surface area contributed by atoms with Crippen molar-refractivity contribution in [3.8, 4) is 5.75 Å². The summed E-state index contributed by atoms with van der Waals surface area (Å²) in [5.41, 5.74) is -1.41. The van der Waals surface area contributed by atoms with Crippen LogP contribution in [0.5, 0.6) is 5.75 Å². The van der Waals surface area contributed by atoms with Gasteiger partial charge in [0.1, 0.15) is 10.6 Å². The van der Waals surface area contributed by atoms with Crippen LogP contribution in [0.25, 0.3) is 0 Å². The van der Waals surface area contributed by atoms with Crippen molar-refractivity contribution >= 4 is 39.9 Å². The maximum absolute atomic E-state index is 13.0. The van der Waals surface area contributed by atoms with Gasteiger partial charge in [-0.1, -0.05) is 22.9 Å². The van der Waals surface area contributed by atoms with Crippen molar-refractivity contribution in [2.24, 2.45) is 0 Å². The molecule has 0 saturated carbocycles. The van der Waals surface area contributed by atoms with E-state index in [2.05, 4.69) is 15.0 Å². The molecule has 0 unspecified atom stereocenters. The van der Waals surface area contributed by atoms with Crippen molar-refractivity contribution in [1.29, 1.82) is 0 Å². The van der Waals surface area contributed by atoms with Gasteiger partial charge in [-0.2, -0.15) is 13.2 Å². The van der Waals surface area contributed by atoms with Gasteiger partial charge in [-0.15, -0.1) is 0 Å². The van der Waals surface area contributed by atoms with Gasteiger partial charge in [0, 0.05) is 5.02 Å². The topological polar surface area (TPSA) is 77.5 Å². The van der Waals surface area contributed by atoms with E-state index in [4.69, 9.17) is 16.3 Å². The molecule has 0 atom stereocenters. The summed E-state index contributed by atoms with van der Waals surface area (Å²) >= 11 is 6.09. The average Bonchev–Trinajstić information content (AvgIpc) is 2.99. The number of carbonyl (C=O) groups excluding carboxylic acids is 2. The summed E-state index contributed by atoms with van der Waals surface area (Å²) in [5, 5.41) is 2.26. The quantitative estimate of drug-likeness (QED) is 0.731. The van der Waals surface area contributed by atoms with Crippen LogP contribution in [0.15, 0.2) is 24.3 Å². The van der Waals surface area contributed by atoms with E-state index in [9.17, 15) is 22.8 Å². The van der Waals surface area contributed by atoms with E-state index in [-0.39, 0.29) is 11.7 Å². The second kappa shape index (κ2) is 8.37. The van der Waals surface area contributed by atoms with Crippen LogP contribution >= 0.6 is 22.9 Å². The molecule has 0 aliphatic rings. The van der Waals surface area contributed by atoms with E-state index in [0.29, 0.717) is 22.1 Å². The number of hydrogen-bond acceptors (Lipinski definition) is 6. The van der Waals surface area contributed by atoms with E-state index < -0.39 is 35.2 Å². The molecule has 0 radical (unpaired) electrons. The molecule has 1 amide bonds. The molecule has 0 aliphatic carbocycles. The molecule has 11 heteroatoms. The number of alkyl halides is 3. The maximum atomic E-state index is 13.0. The third-order valence-corrected chi connectivity index (χ3v) is 3.99. The normalized spacial score (nSPS) is 11.1. The first-order chi connectivity index (χ1) is 12.2. The van der Waals surface area contributed by atoms with Crippen molar-refractivity contribution in [2.45, 2.75) is 13.1 Å². The Balaban J connectivity index is 2.07. The smallest absolute Gasteiger partial charge is 0.435 e. The molecular formula is C15H12ClF3N2O4S. The molecule has 0 aliphatic heterocycles. The fourth-order valence-electron chi connectivity index (χ4n) is 1.74. The number of anilines is 1. The zero-order valence-electron chi connectivity index (χ0n) is 13.2. The van der Waals surface area contributed by atoms with Crippen molar-refractivity contribution in [2.75, 3.05) is 18.5 Å². The van der Waals surface area contributed by atoms with Crippen molar-refractivity contribution in [1.82, 2.24) is 4.98 Å². The fourth-order valence-corrected chi connectivity index (χ4v) is 2.76. The summed E-state index contributed by atoms with van der Waals surface area (Å²) in [6, 6.07) is 6.16. The van der Waals surface area contributed by atoms with E-state index in [1.54, 1.807) is 12.1 Å². The highest BCUT2D eigenvalue weighted by Gasteiger charge is 2.40. The predicted molar refractivity (Wildman–Crippen MR) is 88.6 cm³/mol. The molecular weight excluding hydrogens is 397 g/mol. The fraction of sp³-hybridized carbons (Fsp3) is 0.267. The lowest BCUT2D eigenvalue weighted by Gasteiger charge is -2.05. The van der Waals surface area contributed by atoms with Gasteiger partial charge in [0.15, 0.2) is 17.4 Å². The second-order valence-electron chi connectivity index (χ2n) is 4.71. The molecule has 26 heavy (non-hydrogen) atoms. The Labute approximate surface area is 154 Å². The van der Waals surface area contributed by atoms with Gasteiger partial charge in [-0.05, 0) is 31.2 Å². The molecule has 2 aromatic rings. The van der Waals surface area contributed by atoms with E-state index in [1.165, 1.54) is 19.1 Å². The van der Waals surface area contributed by atoms with Crippen LogP contribution in [0, 0.1) is 0 Å². The monoisotopic (exact) mass is 408 g/mol. The molecule has 1 N–H and O–H groups in total. The Hall–Kier alpha value is -2.33. The first-order valence-corrected chi connectivity index (χ1v) is 8.33. The highest BCUT2D eigenvalue weighted by molar-refractivity contribution is 7.17. The van der Waals surface area contributed by atoms with Crippen LogP contribution in [0.1, 0.15) is 22.3 Å². The first-order valence-electron chi connectivity index (χ1n) is 7.14. The van der Waals surface area contributed by atoms with Crippen molar-refractivity contribution < 1.29 is 32.2 Å². The lowest BCUT2D eigenvalue weighted by Crippen LogP contribution is -2.20. The van der Waals surface area contributed by atoms with E-state index in [1.807, 2.05) is 0 Å². The lowest BCUT2D eigenvalue weighted by atomic mass is 10.3. The summed E-state index contributed by atoms with van der Waals surface area (Å²) < 4.78 is 48.7. The van der Waals surface area contributed by atoms with Gasteiger partial charge in [-0.3, -0.25) is 10.1 Å². The number of carbonyl (C=O) groups is 2. The SMILES string of the molecule is CCOC(=O)c1sc(NC(=O)COc2ccc(Cl)cc2)nc1C(F)(F)F. The maximum Gasteiger partial charge on any atom is 0.435 e. The van der Waals surface area contributed by atoms with Gasteiger partial charge in [0.2, 0.25) is 0 Å². The number of benzene rings is 1. The zero-order valence-corrected chi connectivity index (χ0v) is 14.8. The van der Waals surface area contributed by atoms with Crippen LogP contribution in [0.4, 0.5) is 18.3 Å². The van der Waals surface area contributed by atoms with Gasteiger partial charge in [0.25, 0.3) is 5.91 Å². The van der Waals surface area contributed by atoms with Crippen LogP contribution < -0.4 is 10.1 Å². The summed E-state index contributed by atoms with van der Waals surface area (Å²) in [6.07, 6.45) is -4.86. The molecule has 0 fully saturated rings. The van der Waals surface area contributed by atoms with Gasteiger partial charge >= 0.3 is 12.1 Å². The average molecular weight is 409 g/mol. The van der Waals surface area contributed by atoms with Gasteiger partial charge in [-0.25, -0.2) is 9.78 Å². The summed E-state index contributed by atoms with van der Waals surface area (Å²) in [6.45, 7) is 0.908. The highest BCUT2D eigenvalue weighted by atomic mass is 35.5. The molecule has 0 bridgehead atoms. The lowest BCUT2D eigenvalue weighted by molar-refractivity contribution is -0.141. The molecule has 1 aromatic heterocycles. The number of halogens is 4. The number of hydrogen-bond donors (Lipinski definition) is 1. The van der Waals surface area contributed by atoms with Crippen molar-refractivity contribution in [3.05, 3.63) is 39.9 Å². The molecule has 140 valence electrons. The largest absolute Gasteiger partial charge is 0.484 e. The Bertz CT molecular complexity index is 793. The Morgan fingerprint density at radius 3 is 2.50 bits per heavy atom. The summed E-state index contributed by atoms with van der Waals surface area (Å²) in [7, 11) is 0. The summed E-state index contributed by atoms with van der Waals surface area (Å²) in [5.74, 6) is -1.54. The number of rotatable bonds is 6. The third kappa shape index (κ3) is 5.33. The number of nitrogens with one attached hydrogen (secondary N) is 1. The number of thiazole rings is 1. The summed E-state index contributed by atoms with van der Waals surface area (Å²) in [4.78, 5) is 26.0. The first kappa shape index (κ1) is 20.0. The third-order valence-electron chi connectivity index (χ3n) is 2.79. The Morgan fingerprint density at radius 2 is 1.92 bits per heavy atom. The molecule has 2 rings (SSSR count). The standard InChI is InChI=1S/C15H12ClF3N2O4S/c1-2-24-13(23)11-12(15(17,18)19)21-14(26-11)20-10(22)7-25-9-5-3-8(16)4-6-9/h3-6H,2,7H2,1H3,(H,20,21,22). The minimum atomic E-state index is -4.86. The molecule has 0 spiro atoms. The Kier molecular flexibility index (Phi) is 6.43. The van der Waals surface area contributed by atoms with Crippen LogP contribution in [-0.4, -0.2) is 30.1 Å². The zero-order chi connectivity index (χ0) is 19.3. The number of nitrogens with zero attached hydrogens (tertiary/aromatic N) is 1. The Morgan fingerprint density at radius 1 is 1.27 bits per heavy atom. The number of aromatic nitrogens is 1. The molecule has 6 nitrogen and oxygen atoms in total. The van der Waals surface area contributed by atoms with E-state index in [0.717, 1.165) is 0 Å². The van der Waals surface area contributed by atoms with Crippen LogP contribution in [0.2, 0.25) is 5.02 Å². The minimum absolute atomic E-state index is 0.0926. The van der Waals surface area contributed by atoms with Crippen LogP contribution in [0.3, 0.4) is 0 Å². The highest BCUT2D eigenvalue weighted by Crippen LogP contribution is 2.36. The van der Waals surface area contributed by atoms with Gasteiger partial charge < -0.3 is 9.47 Å². The van der Waals surface area contributed by atoms with E-state index >= 15 is 0 Å². The van der Waals surface area contributed by atoms with Crippen LogP contribution in [-0.2, 0) is 15.7 Å². The molecule has 0 saturated heterocycles.